The molecule has 1 fully saturated rings. The van der Waals surface area contributed by atoms with Crippen LogP contribution in [0.25, 0.3) is 0 Å². The maximum atomic E-state index is 11.7. The molecule has 0 spiro atoms. The molecule has 0 aromatic heterocycles. The number of hydrogen-bond acceptors (Lipinski definition) is 3. The Balaban J connectivity index is 2.62. The van der Waals surface area contributed by atoms with Crippen molar-refractivity contribution in [1.82, 2.24) is 14.3 Å². The molecule has 1 aliphatic heterocycles. The summed E-state index contributed by atoms with van der Waals surface area (Å²) in [5, 5.41) is 2.22. The van der Waals surface area contributed by atoms with E-state index in [1.165, 1.54) is 11.4 Å². The molecule has 1 heterocycles. The Kier molecular flexibility index (Phi) is 3.80. The molecule has 94 valence electrons. The molecule has 1 rings (SSSR count). The number of carbonyl (C=O) groups is 1. The largest absolute Gasteiger partial charge is 0.340 e. The molecule has 7 heteroatoms. The molecule has 0 unspecified atom stereocenters. The van der Waals surface area contributed by atoms with Crippen LogP contribution in [0.3, 0.4) is 0 Å². The van der Waals surface area contributed by atoms with Gasteiger partial charge in [-0.05, 0) is 18.3 Å². The smallest absolute Gasteiger partial charge is 0.329 e. The molecule has 2 amide bonds. The molecular weight excluding hydrogens is 230 g/mol. The van der Waals surface area contributed by atoms with Gasteiger partial charge in [-0.25, -0.2) is 9.52 Å². The lowest BCUT2D eigenvalue weighted by Gasteiger charge is -2.35. The Bertz CT molecular complexity index is 354. The van der Waals surface area contributed by atoms with E-state index >= 15 is 0 Å². The number of rotatable bonds is 2. The Morgan fingerprint density at radius 1 is 1.25 bits per heavy atom. The third kappa shape index (κ3) is 3.34. The maximum absolute atomic E-state index is 11.7. The Morgan fingerprint density at radius 3 is 2.19 bits per heavy atom. The van der Waals surface area contributed by atoms with Crippen LogP contribution in [0.4, 0.5) is 4.79 Å². The highest BCUT2D eigenvalue weighted by molar-refractivity contribution is 7.87. The van der Waals surface area contributed by atoms with Crippen molar-refractivity contribution in [2.75, 3.05) is 20.1 Å². The molecule has 0 radical (unpaired) electrons. The fourth-order valence-corrected chi connectivity index (χ4v) is 2.69. The molecular formula is C9H19N3O3S. The van der Waals surface area contributed by atoms with Crippen LogP contribution in [0.15, 0.2) is 0 Å². The summed E-state index contributed by atoms with van der Waals surface area (Å²) < 4.78 is 26.7. The zero-order chi connectivity index (χ0) is 12.4. The van der Waals surface area contributed by atoms with Crippen molar-refractivity contribution in [3.05, 3.63) is 0 Å². The van der Waals surface area contributed by atoms with Gasteiger partial charge in [0.05, 0.1) is 0 Å². The van der Waals surface area contributed by atoms with E-state index in [9.17, 15) is 13.2 Å². The standard InChI is InChI=1S/C9H19N3O3S/c1-9(2)4-6-12(7-5-9)16(14,15)11-8(13)10-3/h4-7H2,1-3H3,(H2,10,11,13). The van der Waals surface area contributed by atoms with Crippen LogP contribution in [0.5, 0.6) is 0 Å². The fourth-order valence-electron chi connectivity index (χ4n) is 1.56. The summed E-state index contributed by atoms with van der Waals surface area (Å²) in [6.07, 6.45) is 1.61. The lowest BCUT2D eigenvalue weighted by atomic mass is 9.83. The van der Waals surface area contributed by atoms with Gasteiger partial charge in [0, 0.05) is 20.1 Å². The van der Waals surface area contributed by atoms with E-state index < -0.39 is 16.2 Å². The molecule has 1 saturated heterocycles. The third-order valence-electron chi connectivity index (χ3n) is 2.86. The summed E-state index contributed by atoms with van der Waals surface area (Å²) in [6.45, 7) is 5.14. The summed E-state index contributed by atoms with van der Waals surface area (Å²) in [5.74, 6) is 0. The third-order valence-corrected chi connectivity index (χ3v) is 4.35. The van der Waals surface area contributed by atoms with Crippen molar-refractivity contribution in [3.8, 4) is 0 Å². The van der Waals surface area contributed by atoms with E-state index in [1.54, 1.807) is 0 Å². The molecule has 0 aromatic rings. The van der Waals surface area contributed by atoms with Crippen LogP contribution in [-0.4, -0.2) is 38.9 Å². The minimum Gasteiger partial charge on any atom is -0.340 e. The van der Waals surface area contributed by atoms with Gasteiger partial charge in [0.25, 0.3) is 0 Å². The zero-order valence-electron chi connectivity index (χ0n) is 9.91. The Hall–Kier alpha value is -0.820. The first-order valence-corrected chi connectivity index (χ1v) is 6.70. The Labute approximate surface area is 96.6 Å². The fraction of sp³-hybridized carbons (Fsp3) is 0.889. The quantitative estimate of drug-likeness (QED) is 0.738. The lowest BCUT2D eigenvalue weighted by Crippen LogP contribution is -2.50. The van der Waals surface area contributed by atoms with E-state index in [0.29, 0.717) is 13.1 Å². The van der Waals surface area contributed by atoms with Gasteiger partial charge < -0.3 is 5.32 Å². The van der Waals surface area contributed by atoms with Crippen molar-refractivity contribution in [3.63, 3.8) is 0 Å². The molecule has 0 saturated carbocycles. The maximum Gasteiger partial charge on any atom is 0.329 e. The van der Waals surface area contributed by atoms with E-state index in [0.717, 1.165) is 12.8 Å². The normalized spacial score (nSPS) is 21.4. The number of piperidine rings is 1. The topological polar surface area (TPSA) is 78.5 Å². The van der Waals surface area contributed by atoms with Crippen molar-refractivity contribution in [2.24, 2.45) is 5.41 Å². The summed E-state index contributed by atoms with van der Waals surface area (Å²) in [5.41, 5.74) is 0.180. The number of amides is 2. The van der Waals surface area contributed by atoms with Gasteiger partial charge in [-0.3, -0.25) is 0 Å². The molecule has 0 atom stereocenters. The molecule has 6 nitrogen and oxygen atoms in total. The summed E-state index contributed by atoms with van der Waals surface area (Å²) in [4.78, 5) is 11.0. The number of hydrogen-bond donors (Lipinski definition) is 2. The van der Waals surface area contributed by atoms with Crippen LogP contribution < -0.4 is 10.0 Å². The van der Waals surface area contributed by atoms with Gasteiger partial charge in [0.15, 0.2) is 0 Å². The average molecular weight is 249 g/mol. The molecule has 0 aromatic carbocycles. The molecule has 1 aliphatic rings. The first-order chi connectivity index (χ1) is 7.27. The van der Waals surface area contributed by atoms with E-state index in [1.807, 2.05) is 4.72 Å². The summed E-state index contributed by atoms with van der Waals surface area (Å²) in [6, 6.07) is -0.704. The highest BCUT2D eigenvalue weighted by atomic mass is 32.2. The lowest BCUT2D eigenvalue weighted by molar-refractivity contribution is 0.194. The molecule has 0 aliphatic carbocycles. The van der Waals surface area contributed by atoms with Gasteiger partial charge in [-0.1, -0.05) is 13.8 Å². The van der Waals surface area contributed by atoms with Gasteiger partial charge in [0.1, 0.15) is 0 Å². The van der Waals surface area contributed by atoms with Crippen LogP contribution >= 0.6 is 0 Å². The zero-order valence-corrected chi connectivity index (χ0v) is 10.7. The monoisotopic (exact) mass is 249 g/mol. The highest BCUT2D eigenvalue weighted by Gasteiger charge is 2.32. The number of carbonyl (C=O) groups excluding carboxylic acids is 1. The average Bonchev–Trinajstić information content (AvgIpc) is 2.16. The second kappa shape index (κ2) is 4.58. The van der Waals surface area contributed by atoms with E-state index in [4.69, 9.17) is 0 Å². The predicted octanol–water partition coefficient (Wildman–Crippen LogP) is 0.282. The van der Waals surface area contributed by atoms with E-state index in [2.05, 4.69) is 19.2 Å². The van der Waals surface area contributed by atoms with Crippen LogP contribution in [0.1, 0.15) is 26.7 Å². The second-order valence-corrected chi connectivity index (χ2v) is 6.42. The van der Waals surface area contributed by atoms with E-state index in [-0.39, 0.29) is 5.41 Å². The minimum absolute atomic E-state index is 0.180. The molecule has 16 heavy (non-hydrogen) atoms. The number of nitrogens with one attached hydrogen (secondary N) is 2. The minimum atomic E-state index is -3.67. The second-order valence-electron chi connectivity index (χ2n) is 4.75. The van der Waals surface area contributed by atoms with Gasteiger partial charge in [0.2, 0.25) is 0 Å². The van der Waals surface area contributed by atoms with Gasteiger partial charge in [-0.2, -0.15) is 12.7 Å². The van der Waals surface area contributed by atoms with Crippen molar-refractivity contribution in [2.45, 2.75) is 26.7 Å². The predicted molar refractivity (Wildman–Crippen MR) is 61.1 cm³/mol. The molecule has 2 N–H and O–H groups in total. The number of nitrogens with zero attached hydrogens (tertiary/aromatic N) is 1. The number of urea groups is 1. The first kappa shape index (κ1) is 13.2. The first-order valence-electron chi connectivity index (χ1n) is 5.26. The van der Waals surface area contributed by atoms with Gasteiger partial charge in [-0.15, -0.1) is 0 Å². The summed E-state index contributed by atoms with van der Waals surface area (Å²) >= 11 is 0. The Morgan fingerprint density at radius 2 is 1.75 bits per heavy atom. The highest BCUT2D eigenvalue weighted by Crippen LogP contribution is 2.30. The van der Waals surface area contributed by atoms with Crippen molar-refractivity contribution >= 4 is 16.2 Å². The summed E-state index contributed by atoms with van der Waals surface area (Å²) in [7, 11) is -2.29. The van der Waals surface area contributed by atoms with Gasteiger partial charge >= 0.3 is 16.2 Å². The van der Waals surface area contributed by atoms with Crippen LogP contribution in [0.2, 0.25) is 0 Å². The SMILES string of the molecule is CNC(=O)NS(=O)(=O)N1CCC(C)(C)CC1. The van der Waals surface area contributed by atoms with Crippen molar-refractivity contribution in [1.29, 1.82) is 0 Å². The molecule has 0 bridgehead atoms. The van der Waals surface area contributed by atoms with Crippen LogP contribution in [0, 0.1) is 5.41 Å². The van der Waals surface area contributed by atoms with Crippen LogP contribution in [-0.2, 0) is 10.2 Å². The van der Waals surface area contributed by atoms with Crippen molar-refractivity contribution < 1.29 is 13.2 Å².